The average Bonchev–Trinajstić information content (AvgIpc) is 2.77. The van der Waals surface area contributed by atoms with Gasteiger partial charge in [-0.2, -0.15) is 0 Å². The van der Waals surface area contributed by atoms with Gasteiger partial charge in [-0.1, -0.05) is 24.3 Å². The number of hydrogen-bond acceptors (Lipinski definition) is 1. The van der Waals surface area contributed by atoms with E-state index in [0.717, 1.165) is 0 Å². The van der Waals surface area contributed by atoms with Gasteiger partial charge in [0.2, 0.25) is 0 Å². The van der Waals surface area contributed by atoms with Crippen molar-refractivity contribution in [2.45, 2.75) is 37.5 Å². The fraction of sp³-hybridized carbons (Fsp3) is 0.375. The van der Waals surface area contributed by atoms with Crippen molar-refractivity contribution in [2.75, 3.05) is 0 Å². The molecular weight excluding hydrogens is 340 g/mol. The van der Waals surface area contributed by atoms with Gasteiger partial charge in [-0.3, -0.25) is 0 Å². The van der Waals surface area contributed by atoms with Gasteiger partial charge in [0.1, 0.15) is 0 Å². The summed E-state index contributed by atoms with van der Waals surface area (Å²) in [5, 5.41) is 0.0939. The minimum atomic E-state index is 0.0939. The third-order valence-electron chi connectivity index (χ3n) is 3.92. The predicted octanol–water partition coefficient (Wildman–Crippen LogP) is 6.22. The van der Waals surface area contributed by atoms with Crippen molar-refractivity contribution >= 4 is 38.9 Å². The van der Waals surface area contributed by atoms with Gasteiger partial charge in [0.15, 0.2) is 0 Å². The predicted molar refractivity (Wildman–Crippen MR) is 87.5 cm³/mol. The van der Waals surface area contributed by atoms with Crippen LogP contribution in [-0.4, -0.2) is 0 Å². The molecule has 0 aliphatic heterocycles. The van der Waals surface area contributed by atoms with E-state index in [1.165, 1.54) is 44.6 Å². The molecule has 1 heterocycles. The van der Waals surface area contributed by atoms with Crippen LogP contribution in [0.5, 0.6) is 0 Å². The fourth-order valence-electron chi connectivity index (χ4n) is 2.91. The second kappa shape index (κ2) is 5.59. The number of fused-ring (bicyclic) bond motifs is 1. The maximum atomic E-state index is 6.79. The largest absolute Gasteiger partial charge is 0.143 e. The Bertz CT molecular complexity index is 571. The molecule has 1 aliphatic carbocycles. The molecule has 0 radical (unpaired) electrons. The second-order valence-electron chi connectivity index (χ2n) is 5.15. The Morgan fingerprint density at radius 3 is 2.89 bits per heavy atom. The van der Waals surface area contributed by atoms with Crippen molar-refractivity contribution in [3.05, 3.63) is 55.7 Å². The third-order valence-corrected chi connectivity index (χ3v) is 6.81. The lowest BCUT2D eigenvalue weighted by Crippen LogP contribution is -2.13. The lowest BCUT2D eigenvalue weighted by atomic mass is 9.80. The van der Waals surface area contributed by atoms with E-state index in [2.05, 4.69) is 53.2 Å². The second-order valence-corrected chi connectivity index (χ2v) is 7.76. The molecule has 0 fully saturated rings. The van der Waals surface area contributed by atoms with Crippen LogP contribution in [0, 0.1) is 6.92 Å². The molecule has 3 heteroatoms. The van der Waals surface area contributed by atoms with Crippen LogP contribution in [0.1, 0.15) is 45.0 Å². The number of hydrogen-bond donors (Lipinski definition) is 0. The Labute approximate surface area is 131 Å². The van der Waals surface area contributed by atoms with Crippen molar-refractivity contribution in [3.8, 4) is 0 Å². The molecule has 0 amide bonds. The molecule has 19 heavy (non-hydrogen) atoms. The molecule has 2 atom stereocenters. The van der Waals surface area contributed by atoms with E-state index in [4.69, 9.17) is 11.6 Å². The summed E-state index contributed by atoms with van der Waals surface area (Å²) in [5.41, 5.74) is 2.94. The van der Waals surface area contributed by atoms with Crippen molar-refractivity contribution in [3.63, 3.8) is 0 Å². The van der Waals surface area contributed by atoms with Crippen molar-refractivity contribution < 1.29 is 0 Å². The highest BCUT2D eigenvalue weighted by molar-refractivity contribution is 9.10. The Morgan fingerprint density at radius 1 is 1.37 bits per heavy atom. The van der Waals surface area contributed by atoms with E-state index in [1.807, 2.05) is 11.3 Å². The number of thiophene rings is 1. The summed E-state index contributed by atoms with van der Waals surface area (Å²) >= 11 is 12.2. The number of benzene rings is 1. The van der Waals surface area contributed by atoms with Crippen LogP contribution in [0.25, 0.3) is 0 Å². The molecule has 0 N–H and O–H groups in total. The molecule has 0 spiro atoms. The van der Waals surface area contributed by atoms with Gasteiger partial charge in [0, 0.05) is 20.1 Å². The van der Waals surface area contributed by atoms with Gasteiger partial charge in [-0.05, 0) is 59.3 Å². The average molecular weight is 356 g/mol. The van der Waals surface area contributed by atoms with E-state index in [-0.39, 0.29) is 5.38 Å². The summed E-state index contributed by atoms with van der Waals surface area (Å²) in [4.78, 5) is 2.59. The molecule has 1 aromatic heterocycles. The molecule has 1 aliphatic rings. The van der Waals surface area contributed by atoms with Crippen LogP contribution in [0.15, 0.2) is 34.8 Å². The first-order chi connectivity index (χ1) is 9.16. The summed E-state index contributed by atoms with van der Waals surface area (Å²) in [6.07, 6.45) is 3.64. The fourth-order valence-corrected chi connectivity index (χ4v) is 4.97. The van der Waals surface area contributed by atoms with Crippen LogP contribution in [0.4, 0.5) is 0 Å². The summed E-state index contributed by atoms with van der Waals surface area (Å²) in [5.74, 6) is 0.455. The number of aryl methyl sites for hydroxylation is 2. The van der Waals surface area contributed by atoms with Gasteiger partial charge in [-0.25, -0.2) is 0 Å². The molecule has 3 rings (SSSR count). The van der Waals surface area contributed by atoms with E-state index >= 15 is 0 Å². The Balaban J connectivity index is 1.95. The highest BCUT2D eigenvalue weighted by Gasteiger charge is 2.28. The van der Waals surface area contributed by atoms with Gasteiger partial charge in [0.05, 0.1) is 5.38 Å². The molecule has 2 unspecified atom stereocenters. The van der Waals surface area contributed by atoms with Crippen molar-refractivity contribution in [1.82, 2.24) is 0 Å². The van der Waals surface area contributed by atoms with Gasteiger partial charge in [0.25, 0.3) is 0 Å². The Kier molecular flexibility index (Phi) is 4.02. The molecule has 0 nitrogen and oxygen atoms in total. The van der Waals surface area contributed by atoms with E-state index in [1.54, 1.807) is 0 Å². The van der Waals surface area contributed by atoms with Crippen LogP contribution >= 0.6 is 38.9 Å². The number of halogens is 2. The first-order valence-electron chi connectivity index (χ1n) is 6.64. The van der Waals surface area contributed by atoms with Crippen LogP contribution in [-0.2, 0) is 6.42 Å². The third kappa shape index (κ3) is 2.63. The van der Waals surface area contributed by atoms with Crippen molar-refractivity contribution in [2.24, 2.45) is 0 Å². The zero-order valence-electron chi connectivity index (χ0n) is 10.8. The minimum Gasteiger partial charge on any atom is -0.143 e. The van der Waals surface area contributed by atoms with Crippen LogP contribution in [0.2, 0.25) is 0 Å². The maximum Gasteiger partial charge on any atom is 0.0747 e. The van der Waals surface area contributed by atoms with E-state index in [9.17, 15) is 0 Å². The zero-order chi connectivity index (χ0) is 13.4. The number of alkyl halides is 1. The quantitative estimate of drug-likeness (QED) is 0.561. The summed E-state index contributed by atoms with van der Waals surface area (Å²) in [6.45, 7) is 2.14. The minimum absolute atomic E-state index is 0.0939. The molecule has 0 bridgehead atoms. The van der Waals surface area contributed by atoms with Crippen molar-refractivity contribution in [1.29, 1.82) is 0 Å². The highest BCUT2D eigenvalue weighted by Crippen LogP contribution is 2.46. The first kappa shape index (κ1) is 13.7. The van der Waals surface area contributed by atoms with Gasteiger partial charge >= 0.3 is 0 Å². The molecule has 100 valence electrons. The Morgan fingerprint density at radius 2 is 2.16 bits per heavy atom. The monoisotopic (exact) mass is 354 g/mol. The number of rotatable bonds is 2. The van der Waals surface area contributed by atoms with Gasteiger partial charge in [-0.15, -0.1) is 22.9 Å². The summed E-state index contributed by atoms with van der Waals surface area (Å²) < 4.78 is 1.18. The maximum absolute atomic E-state index is 6.79. The van der Waals surface area contributed by atoms with Crippen LogP contribution in [0.3, 0.4) is 0 Å². The normalized spacial score (nSPS) is 20.1. The summed E-state index contributed by atoms with van der Waals surface area (Å²) in [7, 11) is 0. The van der Waals surface area contributed by atoms with E-state index < -0.39 is 0 Å². The molecule has 1 aromatic carbocycles. The molecule has 0 saturated heterocycles. The standard InChI is InChI=1S/C16H16BrClS/c1-10-14(17)9-15(19-10)16(18)13-8-4-6-11-5-2-3-7-12(11)13/h2-3,5,7,9,13,16H,4,6,8H2,1H3. The lowest BCUT2D eigenvalue weighted by molar-refractivity contribution is 0.542. The molecular formula is C16H16BrClS. The SMILES string of the molecule is Cc1sc(C(Cl)C2CCCc3ccccc32)cc1Br. The highest BCUT2D eigenvalue weighted by atomic mass is 79.9. The molecule has 0 saturated carbocycles. The summed E-state index contributed by atoms with van der Waals surface area (Å²) in [6, 6.07) is 11.0. The lowest BCUT2D eigenvalue weighted by Gasteiger charge is -2.28. The van der Waals surface area contributed by atoms with E-state index in [0.29, 0.717) is 5.92 Å². The zero-order valence-corrected chi connectivity index (χ0v) is 14.0. The first-order valence-corrected chi connectivity index (χ1v) is 8.69. The van der Waals surface area contributed by atoms with Gasteiger partial charge < -0.3 is 0 Å². The van der Waals surface area contributed by atoms with Crippen LogP contribution < -0.4 is 0 Å². The smallest absolute Gasteiger partial charge is 0.0747 e. The topological polar surface area (TPSA) is 0 Å². The molecule has 2 aromatic rings. The Hall–Kier alpha value is -0.310.